The van der Waals surface area contributed by atoms with Gasteiger partial charge in [-0.2, -0.15) is 0 Å². The van der Waals surface area contributed by atoms with Gasteiger partial charge in [0.2, 0.25) is 0 Å². The summed E-state index contributed by atoms with van der Waals surface area (Å²) in [5.41, 5.74) is 0. The Morgan fingerprint density at radius 1 is 0.247 bits per heavy atom. The van der Waals surface area contributed by atoms with Gasteiger partial charge in [0.05, 0.1) is 0 Å². The molecule has 6 heteroatoms. The zero-order valence-electron chi connectivity index (χ0n) is 52.2. The summed E-state index contributed by atoms with van der Waals surface area (Å²) in [6.07, 6.45) is 98.2. The Morgan fingerprint density at radius 2 is 0.444 bits per heavy atom. The SMILES string of the molecule is CC/C=C\C/C=C\C/C=C\C/C=C\C/C=C\C/C=C\CCCCCCCCCCCCC(=O)OCC(COC(=O)CCCCCCCCC/C=C\C/C=C\C/C=C\CC)OC(=O)CCCCCC/C=C\C/C=C\C/C=C\C/C=C\CC. The molecule has 0 radical (unpaired) electrons. The molecule has 1 unspecified atom stereocenters. The number of carbonyl (C=O) groups is 3. The molecule has 0 heterocycles. The third-order valence-electron chi connectivity index (χ3n) is 13.5. The second-order valence-corrected chi connectivity index (χ2v) is 21.2. The summed E-state index contributed by atoms with van der Waals surface area (Å²) in [5, 5.41) is 0. The largest absolute Gasteiger partial charge is 0.462 e. The van der Waals surface area contributed by atoms with E-state index >= 15 is 0 Å². The first kappa shape index (κ1) is 76.0. The van der Waals surface area contributed by atoms with Crippen LogP contribution in [0.25, 0.3) is 0 Å². The molecule has 0 aliphatic heterocycles. The Bertz CT molecular complexity index is 1810. The number of ether oxygens (including phenoxy) is 3. The molecule has 0 N–H and O–H groups in total. The van der Waals surface area contributed by atoms with E-state index in [9.17, 15) is 14.4 Å². The summed E-state index contributed by atoms with van der Waals surface area (Å²) in [7, 11) is 0. The van der Waals surface area contributed by atoms with Gasteiger partial charge in [-0.3, -0.25) is 14.4 Å². The highest BCUT2D eigenvalue weighted by Crippen LogP contribution is 2.15. The molecule has 0 aromatic rings. The number of esters is 3. The number of hydrogen-bond acceptors (Lipinski definition) is 6. The van der Waals surface area contributed by atoms with Crippen LogP contribution >= 0.6 is 0 Å². The lowest BCUT2D eigenvalue weighted by Crippen LogP contribution is -2.30. The predicted molar refractivity (Wildman–Crippen MR) is 352 cm³/mol. The average molecular weight is 1120 g/mol. The predicted octanol–water partition coefficient (Wildman–Crippen LogP) is 22.9. The first-order valence-corrected chi connectivity index (χ1v) is 33.0. The summed E-state index contributed by atoms with van der Waals surface area (Å²) in [5.74, 6) is -0.937. The third kappa shape index (κ3) is 65.7. The zero-order valence-corrected chi connectivity index (χ0v) is 52.2. The van der Waals surface area contributed by atoms with Crippen molar-refractivity contribution in [2.75, 3.05) is 13.2 Å². The van der Waals surface area contributed by atoms with Crippen LogP contribution in [0, 0.1) is 0 Å². The van der Waals surface area contributed by atoms with Crippen molar-refractivity contribution >= 4 is 17.9 Å². The van der Waals surface area contributed by atoms with Gasteiger partial charge >= 0.3 is 17.9 Å². The summed E-state index contributed by atoms with van der Waals surface area (Å²) < 4.78 is 16.9. The molecule has 0 aliphatic rings. The van der Waals surface area contributed by atoms with Crippen LogP contribution in [-0.4, -0.2) is 37.2 Å². The van der Waals surface area contributed by atoms with Gasteiger partial charge in [0.25, 0.3) is 0 Å². The zero-order chi connectivity index (χ0) is 58.5. The lowest BCUT2D eigenvalue weighted by Gasteiger charge is -2.18. The van der Waals surface area contributed by atoms with E-state index in [1.165, 1.54) is 70.6 Å². The molecule has 0 aromatic heterocycles. The van der Waals surface area contributed by atoms with Crippen molar-refractivity contribution in [1.82, 2.24) is 0 Å². The van der Waals surface area contributed by atoms with Gasteiger partial charge < -0.3 is 14.2 Å². The van der Waals surface area contributed by atoms with Crippen LogP contribution in [0.15, 0.2) is 158 Å². The van der Waals surface area contributed by atoms with Crippen molar-refractivity contribution in [1.29, 1.82) is 0 Å². The molecular formula is C75H120O6. The van der Waals surface area contributed by atoms with Crippen LogP contribution in [0.1, 0.15) is 278 Å². The Hall–Kier alpha value is -4.97. The highest BCUT2D eigenvalue weighted by atomic mass is 16.6. The van der Waals surface area contributed by atoms with Crippen molar-refractivity contribution in [2.24, 2.45) is 0 Å². The van der Waals surface area contributed by atoms with Gasteiger partial charge in [0, 0.05) is 19.3 Å². The summed E-state index contributed by atoms with van der Waals surface area (Å²) in [4.78, 5) is 38.4. The van der Waals surface area contributed by atoms with Gasteiger partial charge in [-0.05, 0) is 141 Å². The highest BCUT2D eigenvalue weighted by molar-refractivity contribution is 5.71. The molecular weight excluding hydrogens is 997 g/mol. The van der Waals surface area contributed by atoms with Crippen LogP contribution < -0.4 is 0 Å². The van der Waals surface area contributed by atoms with Crippen LogP contribution in [0.2, 0.25) is 0 Å². The van der Waals surface area contributed by atoms with Gasteiger partial charge in [-0.1, -0.05) is 275 Å². The fourth-order valence-corrected chi connectivity index (χ4v) is 8.69. The molecule has 1 atom stereocenters. The molecule has 0 rings (SSSR count). The van der Waals surface area contributed by atoms with E-state index in [0.29, 0.717) is 19.3 Å². The molecule has 0 spiro atoms. The highest BCUT2D eigenvalue weighted by Gasteiger charge is 2.19. The Balaban J connectivity index is 4.39. The Kier molecular flexibility index (Phi) is 63.4. The molecule has 0 saturated carbocycles. The molecule has 0 aliphatic carbocycles. The molecule has 456 valence electrons. The lowest BCUT2D eigenvalue weighted by molar-refractivity contribution is -0.167. The van der Waals surface area contributed by atoms with Gasteiger partial charge in [0.1, 0.15) is 13.2 Å². The van der Waals surface area contributed by atoms with Gasteiger partial charge in [0.15, 0.2) is 6.10 Å². The van der Waals surface area contributed by atoms with E-state index in [-0.39, 0.29) is 31.1 Å². The lowest BCUT2D eigenvalue weighted by atomic mass is 10.1. The minimum atomic E-state index is -0.806. The van der Waals surface area contributed by atoms with Crippen LogP contribution in [0.3, 0.4) is 0 Å². The monoisotopic (exact) mass is 1120 g/mol. The van der Waals surface area contributed by atoms with E-state index in [4.69, 9.17) is 14.2 Å². The number of carbonyl (C=O) groups excluding carboxylic acids is 3. The smallest absolute Gasteiger partial charge is 0.306 e. The van der Waals surface area contributed by atoms with E-state index in [2.05, 4.69) is 179 Å². The maximum absolute atomic E-state index is 12.9. The maximum Gasteiger partial charge on any atom is 0.306 e. The molecule has 0 amide bonds. The minimum Gasteiger partial charge on any atom is -0.462 e. The average Bonchev–Trinajstić information content (AvgIpc) is 3.47. The number of hydrogen-bond donors (Lipinski definition) is 0. The van der Waals surface area contributed by atoms with Crippen molar-refractivity contribution in [2.45, 2.75) is 284 Å². The molecule has 6 nitrogen and oxygen atoms in total. The summed E-state index contributed by atoms with van der Waals surface area (Å²) >= 11 is 0. The van der Waals surface area contributed by atoms with Crippen molar-refractivity contribution in [3.63, 3.8) is 0 Å². The number of unbranched alkanes of at least 4 members (excludes halogenated alkanes) is 21. The maximum atomic E-state index is 12.9. The summed E-state index contributed by atoms with van der Waals surface area (Å²) in [6.45, 7) is 6.28. The van der Waals surface area contributed by atoms with Gasteiger partial charge in [-0.15, -0.1) is 0 Å². The topological polar surface area (TPSA) is 78.9 Å². The molecule has 0 saturated heterocycles. The standard InChI is InChI=1S/C75H120O6/c1-4-7-10-13-16-19-22-25-28-31-32-33-34-35-36-37-38-39-40-41-42-45-47-50-53-56-59-62-65-68-74(77)80-71-72(81-75(78)69-66-63-60-57-54-51-48-44-30-27-24-21-18-15-12-9-6-3)70-79-73(76)67-64-61-58-55-52-49-46-43-29-26-23-20-17-14-11-8-5-2/h7-12,16-21,25-30,32-33,35-36,38-39,48,51,72H,4-6,13-15,22-24,31,34,37,40-47,49-50,52-71H2,1-3H3/b10-7-,11-8-,12-9-,19-16-,20-17-,21-18-,28-25-,29-26-,30-27-,33-32-,36-35-,39-38-,51-48-. The molecule has 0 fully saturated rings. The van der Waals surface area contributed by atoms with Crippen molar-refractivity contribution in [3.05, 3.63) is 158 Å². The normalized spacial score (nSPS) is 13.2. The molecule has 0 bridgehead atoms. The van der Waals surface area contributed by atoms with E-state index < -0.39 is 6.10 Å². The molecule has 0 aromatic carbocycles. The van der Waals surface area contributed by atoms with Crippen molar-refractivity contribution < 1.29 is 28.6 Å². The Morgan fingerprint density at radius 3 is 0.691 bits per heavy atom. The first-order chi connectivity index (χ1) is 40.0. The second-order valence-electron chi connectivity index (χ2n) is 21.2. The van der Waals surface area contributed by atoms with Gasteiger partial charge in [-0.25, -0.2) is 0 Å². The van der Waals surface area contributed by atoms with Crippen molar-refractivity contribution in [3.8, 4) is 0 Å². The number of rotatable bonds is 58. The fraction of sp³-hybridized carbons (Fsp3) is 0.613. The van der Waals surface area contributed by atoms with Crippen LogP contribution in [0.4, 0.5) is 0 Å². The van der Waals surface area contributed by atoms with E-state index in [1.807, 2.05) is 0 Å². The first-order valence-electron chi connectivity index (χ1n) is 33.0. The molecule has 81 heavy (non-hydrogen) atoms. The van der Waals surface area contributed by atoms with E-state index in [1.54, 1.807) is 0 Å². The second kappa shape index (κ2) is 67.5. The summed E-state index contributed by atoms with van der Waals surface area (Å²) in [6, 6.07) is 0. The number of allylic oxidation sites excluding steroid dienone is 26. The van der Waals surface area contributed by atoms with Crippen LogP contribution in [0.5, 0.6) is 0 Å². The minimum absolute atomic E-state index is 0.0993. The quantitative estimate of drug-likeness (QED) is 0.0261. The fourth-order valence-electron chi connectivity index (χ4n) is 8.69. The third-order valence-corrected chi connectivity index (χ3v) is 13.5. The Labute approximate surface area is 499 Å². The van der Waals surface area contributed by atoms with E-state index in [0.717, 1.165) is 167 Å². The van der Waals surface area contributed by atoms with Crippen LogP contribution in [-0.2, 0) is 28.6 Å².